The van der Waals surface area contributed by atoms with E-state index in [4.69, 9.17) is 14.9 Å². The predicted octanol–water partition coefficient (Wildman–Crippen LogP) is 2.06. The van der Waals surface area contributed by atoms with Gasteiger partial charge in [0.05, 0.1) is 18.3 Å². The standard InChI is InChI=1S/C13H19N5O2/c1-7(2)19-13-11(14)12(16-6-17-13)15-5-10-18-8(3)9(4)20-10/h6-7H,5,14H2,1-4H3,(H,15,16,17). The molecule has 0 saturated carbocycles. The SMILES string of the molecule is Cc1nc(CNc2ncnc(OC(C)C)c2N)oc1C. The summed E-state index contributed by atoms with van der Waals surface area (Å²) < 4.78 is 11.0. The Balaban J connectivity index is 2.09. The van der Waals surface area contributed by atoms with Crippen molar-refractivity contribution in [2.75, 3.05) is 11.1 Å². The van der Waals surface area contributed by atoms with Crippen molar-refractivity contribution in [2.24, 2.45) is 0 Å². The molecule has 0 atom stereocenters. The summed E-state index contributed by atoms with van der Waals surface area (Å²) in [7, 11) is 0. The lowest BCUT2D eigenvalue weighted by atomic mass is 10.4. The molecule has 2 heterocycles. The van der Waals surface area contributed by atoms with Crippen LogP contribution in [0.15, 0.2) is 10.7 Å². The zero-order valence-corrected chi connectivity index (χ0v) is 12.1. The van der Waals surface area contributed by atoms with Crippen molar-refractivity contribution in [3.8, 4) is 5.88 Å². The van der Waals surface area contributed by atoms with Crippen LogP contribution in [0, 0.1) is 13.8 Å². The molecule has 0 unspecified atom stereocenters. The molecule has 2 aromatic heterocycles. The van der Waals surface area contributed by atoms with Crippen LogP contribution >= 0.6 is 0 Å². The lowest BCUT2D eigenvalue weighted by Crippen LogP contribution is -2.12. The number of anilines is 2. The van der Waals surface area contributed by atoms with Gasteiger partial charge in [0, 0.05) is 0 Å². The molecule has 0 saturated heterocycles. The number of oxazole rings is 1. The lowest BCUT2D eigenvalue weighted by molar-refractivity contribution is 0.234. The molecule has 0 aromatic carbocycles. The largest absolute Gasteiger partial charge is 0.473 e. The molecule has 3 N–H and O–H groups in total. The maximum atomic E-state index is 5.97. The third-order valence-electron chi connectivity index (χ3n) is 2.67. The number of nitrogens with zero attached hydrogens (tertiary/aromatic N) is 3. The summed E-state index contributed by atoms with van der Waals surface area (Å²) in [6.07, 6.45) is 1.40. The molecule has 7 nitrogen and oxygen atoms in total. The van der Waals surface area contributed by atoms with Crippen molar-refractivity contribution in [1.29, 1.82) is 0 Å². The van der Waals surface area contributed by atoms with Gasteiger partial charge < -0.3 is 20.2 Å². The van der Waals surface area contributed by atoms with Gasteiger partial charge in [-0.05, 0) is 27.7 Å². The second kappa shape index (κ2) is 5.77. The molecule has 0 spiro atoms. The van der Waals surface area contributed by atoms with Crippen molar-refractivity contribution in [3.05, 3.63) is 23.7 Å². The van der Waals surface area contributed by atoms with Crippen molar-refractivity contribution in [1.82, 2.24) is 15.0 Å². The van der Waals surface area contributed by atoms with E-state index in [0.717, 1.165) is 11.5 Å². The summed E-state index contributed by atoms with van der Waals surface area (Å²) in [5, 5.41) is 3.07. The highest BCUT2D eigenvalue weighted by atomic mass is 16.5. The average molecular weight is 277 g/mol. The molecular formula is C13H19N5O2. The van der Waals surface area contributed by atoms with E-state index < -0.39 is 0 Å². The second-order valence-electron chi connectivity index (χ2n) is 4.71. The number of nitrogens with one attached hydrogen (secondary N) is 1. The summed E-state index contributed by atoms with van der Waals surface area (Å²) in [4.78, 5) is 12.4. The Morgan fingerprint density at radius 1 is 1.35 bits per heavy atom. The Hall–Kier alpha value is -2.31. The number of aromatic nitrogens is 3. The summed E-state index contributed by atoms with van der Waals surface area (Å²) in [6, 6.07) is 0. The topological polar surface area (TPSA) is 99.1 Å². The number of nitrogen functional groups attached to an aromatic ring is 1. The number of rotatable bonds is 5. The third kappa shape index (κ3) is 3.17. The van der Waals surface area contributed by atoms with Crippen molar-refractivity contribution < 1.29 is 9.15 Å². The van der Waals surface area contributed by atoms with Gasteiger partial charge in [-0.3, -0.25) is 0 Å². The maximum Gasteiger partial charge on any atom is 0.242 e. The highest BCUT2D eigenvalue weighted by Gasteiger charge is 2.12. The Morgan fingerprint density at radius 3 is 2.70 bits per heavy atom. The highest BCUT2D eigenvalue weighted by Crippen LogP contribution is 2.25. The van der Waals surface area contributed by atoms with Crippen LogP contribution in [0.2, 0.25) is 0 Å². The molecule has 0 radical (unpaired) electrons. The fourth-order valence-electron chi connectivity index (χ4n) is 1.61. The van der Waals surface area contributed by atoms with Gasteiger partial charge in [0.15, 0.2) is 5.82 Å². The maximum absolute atomic E-state index is 5.97. The van der Waals surface area contributed by atoms with Crippen molar-refractivity contribution >= 4 is 11.5 Å². The number of hydrogen-bond donors (Lipinski definition) is 2. The monoisotopic (exact) mass is 277 g/mol. The van der Waals surface area contributed by atoms with Crippen LogP contribution in [0.3, 0.4) is 0 Å². The first-order chi connectivity index (χ1) is 9.47. The molecule has 7 heteroatoms. The molecule has 0 bridgehead atoms. The van der Waals surface area contributed by atoms with E-state index in [0.29, 0.717) is 29.8 Å². The van der Waals surface area contributed by atoms with Gasteiger partial charge in [-0.15, -0.1) is 0 Å². The van der Waals surface area contributed by atoms with E-state index >= 15 is 0 Å². The Labute approximate surface area is 117 Å². The fourth-order valence-corrected chi connectivity index (χ4v) is 1.61. The summed E-state index contributed by atoms with van der Waals surface area (Å²) >= 11 is 0. The molecule has 0 amide bonds. The minimum atomic E-state index is -0.00269. The highest BCUT2D eigenvalue weighted by molar-refractivity contribution is 5.66. The van der Waals surface area contributed by atoms with E-state index in [1.165, 1.54) is 6.33 Å². The third-order valence-corrected chi connectivity index (χ3v) is 2.67. The number of hydrogen-bond acceptors (Lipinski definition) is 7. The molecule has 0 aliphatic rings. The van der Waals surface area contributed by atoms with Gasteiger partial charge >= 0.3 is 0 Å². The van der Waals surface area contributed by atoms with Gasteiger partial charge in [0.1, 0.15) is 17.8 Å². The minimum Gasteiger partial charge on any atom is -0.473 e. The van der Waals surface area contributed by atoms with Gasteiger partial charge in [0.2, 0.25) is 11.8 Å². The van der Waals surface area contributed by atoms with Crippen LogP contribution in [-0.2, 0) is 6.54 Å². The predicted molar refractivity (Wildman–Crippen MR) is 75.5 cm³/mol. The van der Waals surface area contributed by atoms with Crippen LogP contribution in [0.1, 0.15) is 31.2 Å². The molecule has 2 rings (SSSR count). The Morgan fingerprint density at radius 2 is 2.10 bits per heavy atom. The molecule has 0 aliphatic heterocycles. The van der Waals surface area contributed by atoms with Crippen LogP contribution < -0.4 is 15.8 Å². The normalized spacial score (nSPS) is 10.8. The molecule has 0 fully saturated rings. The first-order valence-corrected chi connectivity index (χ1v) is 6.41. The first-order valence-electron chi connectivity index (χ1n) is 6.41. The zero-order valence-electron chi connectivity index (χ0n) is 12.1. The van der Waals surface area contributed by atoms with Crippen LogP contribution in [0.5, 0.6) is 5.88 Å². The van der Waals surface area contributed by atoms with E-state index in [9.17, 15) is 0 Å². The average Bonchev–Trinajstić information content (AvgIpc) is 2.69. The van der Waals surface area contributed by atoms with E-state index in [2.05, 4.69) is 20.3 Å². The molecule has 2 aromatic rings. The second-order valence-corrected chi connectivity index (χ2v) is 4.71. The minimum absolute atomic E-state index is 0.00269. The number of ether oxygens (including phenoxy) is 1. The van der Waals surface area contributed by atoms with Gasteiger partial charge in [-0.25, -0.2) is 9.97 Å². The van der Waals surface area contributed by atoms with E-state index in [-0.39, 0.29) is 6.10 Å². The van der Waals surface area contributed by atoms with E-state index in [1.54, 1.807) is 0 Å². The summed E-state index contributed by atoms with van der Waals surface area (Å²) in [5.41, 5.74) is 7.22. The first kappa shape index (κ1) is 14.1. The zero-order chi connectivity index (χ0) is 14.7. The van der Waals surface area contributed by atoms with E-state index in [1.807, 2.05) is 27.7 Å². The Kier molecular flexibility index (Phi) is 4.07. The van der Waals surface area contributed by atoms with Crippen LogP contribution in [-0.4, -0.2) is 21.1 Å². The molecule has 0 aliphatic carbocycles. The van der Waals surface area contributed by atoms with Crippen LogP contribution in [0.4, 0.5) is 11.5 Å². The van der Waals surface area contributed by atoms with Crippen molar-refractivity contribution in [2.45, 2.75) is 40.3 Å². The van der Waals surface area contributed by atoms with Gasteiger partial charge in [-0.1, -0.05) is 0 Å². The Bertz CT molecular complexity index is 575. The van der Waals surface area contributed by atoms with Crippen LogP contribution in [0.25, 0.3) is 0 Å². The molecule has 108 valence electrons. The van der Waals surface area contributed by atoms with Gasteiger partial charge in [-0.2, -0.15) is 4.98 Å². The molecular weight excluding hydrogens is 258 g/mol. The molecule has 20 heavy (non-hydrogen) atoms. The lowest BCUT2D eigenvalue weighted by Gasteiger charge is -2.13. The summed E-state index contributed by atoms with van der Waals surface area (Å²) in [6.45, 7) is 7.99. The fraction of sp³-hybridized carbons (Fsp3) is 0.462. The summed E-state index contributed by atoms with van der Waals surface area (Å²) in [5.74, 6) is 2.27. The number of nitrogens with two attached hydrogens (primary N) is 1. The van der Waals surface area contributed by atoms with Gasteiger partial charge in [0.25, 0.3) is 0 Å². The quantitative estimate of drug-likeness (QED) is 0.862. The van der Waals surface area contributed by atoms with Crippen molar-refractivity contribution in [3.63, 3.8) is 0 Å². The number of aryl methyl sites for hydroxylation is 2. The smallest absolute Gasteiger partial charge is 0.242 e.